The molecule has 2 aromatic carbocycles. The van der Waals surface area contributed by atoms with Gasteiger partial charge in [-0.1, -0.05) is 5.16 Å². The van der Waals surface area contributed by atoms with Crippen LogP contribution in [0.4, 0.5) is 18.9 Å². The maximum absolute atomic E-state index is 13.1. The topological polar surface area (TPSA) is 95.7 Å². The first-order valence-corrected chi connectivity index (χ1v) is 9.90. The zero-order valence-corrected chi connectivity index (χ0v) is 17.9. The normalized spacial score (nSPS) is 11.3. The molecule has 1 amide bonds. The Morgan fingerprint density at radius 3 is 2.52 bits per heavy atom. The molecule has 1 heterocycles. The van der Waals surface area contributed by atoms with E-state index in [1.54, 1.807) is 31.4 Å². The third-order valence-electron chi connectivity index (χ3n) is 4.51. The number of nitrogens with one attached hydrogen (secondary N) is 1. The lowest BCUT2D eigenvalue weighted by Gasteiger charge is -2.15. The highest BCUT2D eigenvalue weighted by molar-refractivity contribution is 5.92. The van der Waals surface area contributed by atoms with Crippen molar-refractivity contribution in [3.8, 4) is 22.9 Å². The lowest BCUT2D eigenvalue weighted by atomic mass is 10.1. The number of anilines is 1. The number of rotatable bonds is 10. The number of hydrogen-bond donors (Lipinski definition) is 1. The van der Waals surface area contributed by atoms with E-state index in [0.717, 1.165) is 18.2 Å². The minimum atomic E-state index is -4.56. The summed E-state index contributed by atoms with van der Waals surface area (Å²) in [5.74, 6) is 0.818. The predicted molar refractivity (Wildman–Crippen MR) is 112 cm³/mol. The number of alkyl halides is 3. The fourth-order valence-corrected chi connectivity index (χ4v) is 2.81. The van der Waals surface area contributed by atoms with Crippen molar-refractivity contribution in [3.63, 3.8) is 0 Å². The SMILES string of the molecule is COCCOc1ccc(C(F)(F)F)cc1NC(=O)CCc1nc(-c2ccc(OC)cc2)no1. The third-order valence-corrected chi connectivity index (χ3v) is 4.51. The van der Waals surface area contributed by atoms with E-state index in [1.807, 2.05) is 0 Å². The number of benzene rings is 2. The summed E-state index contributed by atoms with van der Waals surface area (Å²) >= 11 is 0. The molecular weight excluding hydrogens is 443 g/mol. The molecule has 11 heteroatoms. The number of hydrogen-bond acceptors (Lipinski definition) is 7. The van der Waals surface area contributed by atoms with Gasteiger partial charge >= 0.3 is 6.18 Å². The van der Waals surface area contributed by atoms with Crippen molar-refractivity contribution < 1.29 is 36.7 Å². The van der Waals surface area contributed by atoms with Gasteiger partial charge in [0.15, 0.2) is 0 Å². The average Bonchev–Trinajstić information content (AvgIpc) is 3.27. The van der Waals surface area contributed by atoms with Crippen LogP contribution in [-0.2, 0) is 22.1 Å². The van der Waals surface area contributed by atoms with Gasteiger partial charge in [0, 0.05) is 25.5 Å². The van der Waals surface area contributed by atoms with Gasteiger partial charge in [0.25, 0.3) is 0 Å². The number of carbonyl (C=O) groups is 1. The van der Waals surface area contributed by atoms with Gasteiger partial charge in [-0.2, -0.15) is 18.2 Å². The van der Waals surface area contributed by atoms with Gasteiger partial charge in [-0.3, -0.25) is 4.79 Å². The van der Waals surface area contributed by atoms with Crippen molar-refractivity contribution in [2.24, 2.45) is 0 Å². The first kappa shape index (κ1) is 24.1. The number of amides is 1. The summed E-state index contributed by atoms with van der Waals surface area (Å²) in [4.78, 5) is 16.6. The number of methoxy groups -OCH3 is 2. The number of halogens is 3. The Labute approximate surface area is 187 Å². The van der Waals surface area contributed by atoms with Crippen molar-refractivity contribution in [1.29, 1.82) is 0 Å². The molecule has 0 atom stereocenters. The Bertz CT molecular complexity index is 1070. The Morgan fingerprint density at radius 1 is 1.09 bits per heavy atom. The fourth-order valence-electron chi connectivity index (χ4n) is 2.81. The number of ether oxygens (including phenoxy) is 3. The number of carbonyl (C=O) groups excluding carboxylic acids is 1. The Balaban J connectivity index is 1.64. The molecule has 0 fully saturated rings. The second kappa shape index (κ2) is 10.8. The van der Waals surface area contributed by atoms with Crippen LogP contribution in [0.25, 0.3) is 11.4 Å². The molecule has 0 saturated heterocycles. The molecule has 1 N–H and O–H groups in total. The number of aromatic nitrogens is 2. The highest BCUT2D eigenvalue weighted by Crippen LogP contribution is 2.35. The van der Waals surface area contributed by atoms with Crippen LogP contribution in [0, 0.1) is 0 Å². The summed E-state index contributed by atoms with van der Waals surface area (Å²) in [5, 5.41) is 6.35. The molecule has 0 aliphatic rings. The third kappa shape index (κ3) is 6.69. The summed E-state index contributed by atoms with van der Waals surface area (Å²) in [6.07, 6.45) is -4.54. The van der Waals surface area contributed by atoms with E-state index in [4.69, 9.17) is 18.7 Å². The first-order valence-electron chi connectivity index (χ1n) is 9.90. The van der Waals surface area contributed by atoms with Crippen LogP contribution in [0.5, 0.6) is 11.5 Å². The molecule has 0 radical (unpaired) electrons. The molecule has 0 unspecified atom stereocenters. The second-order valence-electron chi connectivity index (χ2n) is 6.84. The van der Waals surface area contributed by atoms with Crippen LogP contribution >= 0.6 is 0 Å². The molecule has 33 heavy (non-hydrogen) atoms. The van der Waals surface area contributed by atoms with Crippen molar-refractivity contribution in [2.45, 2.75) is 19.0 Å². The van der Waals surface area contributed by atoms with Crippen LogP contribution in [0.2, 0.25) is 0 Å². The van der Waals surface area contributed by atoms with Gasteiger partial charge in [0.1, 0.15) is 18.1 Å². The summed E-state index contributed by atoms with van der Waals surface area (Å²) in [7, 11) is 3.02. The fraction of sp³-hybridized carbons (Fsp3) is 0.318. The van der Waals surface area contributed by atoms with Gasteiger partial charge < -0.3 is 24.1 Å². The number of aryl methyl sites for hydroxylation is 1. The molecule has 1 aromatic heterocycles. The maximum atomic E-state index is 13.1. The van der Waals surface area contributed by atoms with Crippen LogP contribution in [0.15, 0.2) is 47.0 Å². The second-order valence-corrected chi connectivity index (χ2v) is 6.84. The molecular formula is C22H22F3N3O5. The Hall–Kier alpha value is -3.60. The minimum absolute atomic E-state index is 0.0853. The molecule has 8 nitrogen and oxygen atoms in total. The summed E-state index contributed by atoms with van der Waals surface area (Å²) in [6.45, 7) is 0.350. The predicted octanol–water partition coefficient (Wildman–Crippen LogP) is 4.36. The minimum Gasteiger partial charge on any atom is -0.497 e. The molecule has 0 saturated carbocycles. The highest BCUT2D eigenvalue weighted by Gasteiger charge is 2.31. The zero-order chi connectivity index (χ0) is 23.8. The van der Waals surface area contributed by atoms with Crippen LogP contribution in [-0.4, -0.2) is 43.5 Å². The molecule has 0 aliphatic carbocycles. The van der Waals surface area contributed by atoms with E-state index in [2.05, 4.69) is 15.5 Å². The van der Waals surface area contributed by atoms with E-state index in [-0.39, 0.29) is 43.4 Å². The van der Waals surface area contributed by atoms with Crippen molar-refractivity contribution >= 4 is 11.6 Å². The highest BCUT2D eigenvalue weighted by atomic mass is 19.4. The largest absolute Gasteiger partial charge is 0.497 e. The molecule has 0 aliphatic heterocycles. The molecule has 0 spiro atoms. The summed E-state index contributed by atoms with van der Waals surface area (Å²) < 4.78 is 59.8. The molecule has 3 rings (SSSR count). The van der Waals surface area contributed by atoms with Gasteiger partial charge in [-0.15, -0.1) is 0 Å². The lowest BCUT2D eigenvalue weighted by molar-refractivity contribution is -0.137. The van der Waals surface area contributed by atoms with E-state index in [0.29, 0.717) is 17.1 Å². The van der Waals surface area contributed by atoms with Crippen molar-refractivity contribution in [3.05, 3.63) is 53.9 Å². The van der Waals surface area contributed by atoms with E-state index < -0.39 is 17.6 Å². The molecule has 176 valence electrons. The first-order chi connectivity index (χ1) is 15.8. The quantitative estimate of drug-likeness (QED) is 0.445. The molecule has 0 bridgehead atoms. The van der Waals surface area contributed by atoms with Gasteiger partial charge in [0.2, 0.25) is 17.6 Å². The standard InChI is InChI=1S/C22H22F3N3O5/c1-30-11-12-32-18-8-5-15(22(23,24)25)13-17(18)26-19(29)9-10-20-27-21(28-33-20)14-3-6-16(31-2)7-4-14/h3-8,13H,9-12H2,1-2H3,(H,26,29). The van der Waals surface area contributed by atoms with Gasteiger partial charge in [0.05, 0.1) is 25.0 Å². The summed E-state index contributed by atoms with van der Waals surface area (Å²) in [6, 6.07) is 9.90. The van der Waals surface area contributed by atoms with Gasteiger partial charge in [-0.05, 0) is 42.5 Å². The summed E-state index contributed by atoms with van der Waals surface area (Å²) in [5.41, 5.74) is -0.287. The van der Waals surface area contributed by atoms with Crippen LogP contribution < -0.4 is 14.8 Å². The maximum Gasteiger partial charge on any atom is 0.416 e. The zero-order valence-electron chi connectivity index (χ0n) is 17.9. The molecule has 3 aromatic rings. The Morgan fingerprint density at radius 2 is 1.85 bits per heavy atom. The smallest absolute Gasteiger partial charge is 0.416 e. The average molecular weight is 465 g/mol. The van der Waals surface area contributed by atoms with Gasteiger partial charge in [-0.25, -0.2) is 0 Å². The monoisotopic (exact) mass is 465 g/mol. The van der Waals surface area contributed by atoms with E-state index >= 15 is 0 Å². The van der Waals surface area contributed by atoms with Crippen molar-refractivity contribution in [2.75, 3.05) is 32.8 Å². The van der Waals surface area contributed by atoms with Crippen LogP contribution in [0.1, 0.15) is 17.9 Å². The van der Waals surface area contributed by atoms with Crippen molar-refractivity contribution in [1.82, 2.24) is 10.1 Å². The Kier molecular flexibility index (Phi) is 7.88. The van der Waals surface area contributed by atoms with Crippen LogP contribution in [0.3, 0.4) is 0 Å². The van der Waals surface area contributed by atoms with E-state index in [1.165, 1.54) is 7.11 Å². The van der Waals surface area contributed by atoms with E-state index in [9.17, 15) is 18.0 Å². The number of nitrogens with zero attached hydrogens (tertiary/aromatic N) is 2. The lowest BCUT2D eigenvalue weighted by Crippen LogP contribution is -2.15.